The van der Waals surface area contributed by atoms with Gasteiger partial charge in [-0.3, -0.25) is 0 Å². The van der Waals surface area contributed by atoms with Crippen LogP contribution in [0, 0.1) is 0 Å². The molecule has 2 aromatic rings. The third kappa shape index (κ3) is 4.88. The summed E-state index contributed by atoms with van der Waals surface area (Å²) in [4.78, 5) is 0. The number of methoxy groups -OCH3 is 1. The fourth-order valence-corrected chi connectivity index (χ4v) is 4.45. The molecule has 0 aromatic heterocycles. The molecule has 3 rings (SSSR count). The average molecular weight is 455 g/mol. The second-order valence-corrected chi connectivity index (χ2v) is 8.40. The Bertz CT molecular complexity index is 844. The smallest absolute Gasteiger partial charge is 0.138 e. The minimum Gasteiger partial charge on any atom is -0.495 e. The lowest BCUT2D eigenvalue weighted by molar-refractivity contribution is -0.200. The Morgan fingerprint density at radius 2 is 1.77 bits per heavy atom. The summed E-state index contributed by atoms with van der Waals surface area (Å²) in [5.41, 5.74) is 1.79. The first-order valence-corrected chi connectivity index (χ1v) is 11.4. The van der Waals surface area contributed by atoms with Crippen molar-refractivity contribution >= 4 is 23.4 Å². The molecule has 0 bridgehead atoms. The Balaban J connectivity index is 1.93. The first kappa shape index (κ1) is 23.2. The highest BCUT2D eigenvalue weighted by Crippen LogP contribution is 2.40. The van der Waals surface area contributed by atoms with E-state index in [-0.39, 0.29) is 0 Å². The topological polar surface area (TPSA) is 88.4 Å². The minimum atomic E-state index is -1.32. The maximum Gasteiger partial charge on any atom is 0.138 e. The molecule has 3 N–H and O–H groups in total. The SMILES string of the molecule is CCOc1ccc(Cc2cc([C@@H]3O[C@H](SC)[C@@H](O)[C@H](O)[C@H]3O)cc(OC)c2Cl)cc1. The molecule has 0 aliphatic carbocycles. The number of thioether (sulfide) groups is 1. The van der Waals surface area contributed by atoms with Crippen LogP contribution in [0.2, 0.25) is 5.02 Å². The van der Waals surface area contributed by atoms with E-state index in [2.05, 4.69) is 0 Å². The molecular weight excluding hydrogens is 428 g/mol. The number of rotatable bonds is 7. The van der Waals surface area contributed by atoms with Crippen LogP contribution in [-0.2, 0) is 11.2 Å². The quantitative estimate of drug-likeness (QED) is 0.592. The molecule has 1 heterocycles. The van der Waals surface area contributed by atoms with Crippen LogP contribution in [0.25, 0.3) is 0 Å². The Labute approximate surface area is 185 Å². The van der Waals surface area contributed by atoms with Crippen LogP contribution in [0.1, 0.15) is 29.7 Å². The molecule has 1 saturated heterocycles. The van der Waals surface area contributed by atoms with E-state index in [9.17, 15) is 15.3 Å². The van der Waals surface area contributed by atoms with E-state index in [0.717, 1.165) is 16.9 Å². The Hall–Kier alpha value is -1.48. The number of aliphatic hydroxyl groups is 3. The lowest BCUT2D eigenvalue weighted by Gasteiger charge is -2.40. The van der Waals surface area contributed by atoms with Crippen LogP contribution in [-0.4, -0.2) is 59.0 Å². The van der Waals surface area contributed by atoms with Crippen LogP contribution in [0.15, 0.2) is 36.4 Å². The molecule has 164 valence electrons. The lowest BCUT2D eigenvalue weighted by Crippen LogP contribution is -2.52. The number of benzene rings is 2. The molecule has 0 amide bonds. The van der Waals surface area contributed by atoms with Gasteiger partial charge in [0.05, 0.1) is 18.7 Å². The summed E-state index contributed by atoms with van der Waals surface area (Å²) in [5.74, 6) is 1.25. The van der Waals surface area contributed by atoms with Crippen molar-refractivity contribution in [1.29, 1.82) is 0 Å². The molecule has 6 nitrogen and oxygen atoms in total. The number of ether oxygens (including phenoxy) is 3. The van der Waals surface area contributed by atoms with Crippen LogP contribution >= 0.6 is 23.4 Å². The lowest BCUT2D eigenvalue weighted by atomic mass is 9.92. The van der Waals surface area contributed by atoms with Gasteiger partial charge in [-0.25, -0.2) is 0 Å². The van der Waals surface area contributed by atoms with Gasteiger partial charge in [0.25, 0.3) is 0 Å². The number of hydrogen-bond donors (Lipinski definition) is 3. The van der Waals surface area contributed by atoms with E-state index in [4.69, 9.17) is 25.8 Å². The highest BCUT2D eigenvalue weighted by Gasteiger charge is 2.44. The van der Waals surface area contributed by atoms with E-state index in [1.807, 2.05) is 37.3 Å². The number of aliphatic hydroxyl groups excluding tert-OH is 3. The highest BCUT2D eigenvalue weighted by atomic mass is 35.5. The zero-order valence-corrected chi connectivity index (χ0v) is 18.7. The summed E-state index contributed by atoms with van der Waals surface area (Å²) in [6.45, 7) is 2.54. The molecule has 2 aromatic carbocycles. The molecule has 0 spiro atoms. The molecular formula is C22H27ClO6S. The van der Waals surface area contributed by atoms with Gasteiger partial charge in [-0.2, -0.15) is 0 Å². The van der Waals surface area contributed by atoms with Crippen molar-refractivity contribution in [3.05, 3.63) is 58.1 Å². The summed E-state index contributed by atoms with van der Waals surface area (Å²) in [6, 6.07) is 11.3. The van der Waals surface area contributed by atoms with Gasteiger partial charge >= 0.3 is 0 Å². The van der Waals surface area contributed by atoms with E-state index in [0.29, 0.717) is 29.4 Å². The minimum absolute atomic E-state index is 0.451. The van der Waals surface area contributed by atoms with Crippen LogP contribution in [0.5, 0.6) is 11.5 Å². The average Bonchev–Trinajstić information content (AvgIpc) is 2.75. The predicted molar refractivity (Wildman–Crippen MR) is 118 cm³/mol. The second-order valence-electron chi connectivity index (χ2n) is 7.08. The van der Waals surface area contributed by atoms with Crippen molar-refractivity contribution in [2.45, 2.75) is 43.2 Å². The summed E-state index contributed by atoms with van der Waals surface area (Å²) in [7, 11) is 1.52. The molecule has 1 fully saturated rings. The second kappa shape index (κ2) is 10.2. The van der Waals surface area contributed by atoms with Crippen LogP contribution in [0.3, 0.4) is 0 Å². The zero-order valence-electron chi connectivity index (χ0n) is 17.1. The van der Waals surface area contributed by atoms with Gasteiger partial charge in [0.1, 0.15) is 41.4 Å². The maximum absolute atomic E-state index is 10.5. The molecule has 30 heavy (non-hydrogen) atoms. The summed E-state index contributed by atoms with van der Waals surface area (Å²) in [6.07, 6.45) is -2.30. The molecule has 0 saturated carbocycles. The van der Waals surface area contributed by atoms with E-state index < -0.39 is 29.9 Å². The number of halogens is 1. The summed E-state index contributed by atoms with van der Waals surface area (Å²) in [5, 5.41) is 31.4. The Kier molecular flexibility index (Phi) is 7.90. The normalized spacial score (nSPS) is 26.4. The fraction of sp³-hybridized carbons (Fsp3) is 0.455. The van der Waals surface area contributed by atoms with Gasteiger partial charge in [-0.05, 0) is 54.5 Å². The van der Waals surface area contributed by atoms with Gasteiger partial charge in [-0.15, -0.1) is 11.8 Å². The summed E-state index contributed by atoms with van der Waals surface area (Å²) >= 11 is 7.82. The largest absolute Gasteiger partial charge is 0.495 e. The van der Waals surface area contributed by atoms with Crippen molar-refractivity contribution in [3.8, 4) is 11.5 Å². The van der Waals surface area contributed by atoms with E-state index in [1.54, 1.807) is 12.3 Å². The van der Waals surface area contributed by atoms with E-state index in [1.165, 1.54) is 18.9 Å². The first-order chi connectivity index (χ1) is 14.4. The van der Waals surface area contributed by atoms with Crippen molar-refractivity contribution in [2.75, 3.05) is 20.0 Å². The van der Waals surface area contributed by atoms with Crippen LogP contribution in [0.4, 0.5) is 0 Å². The van der Waals surface area contributed by atoms with Crippen molar-refractivity contribution in [2.24, 2.45) is 0 Å². The van der Waals surface area contributed by atoms with Gasteiger partial charge in [0.2, 0.25) is 0 Å². The third-order valence-corrected chi connectivity index (χ3v) is 6.40. The molecule has 1 aliphatic heterocycles. The van der Waals surface area contributed by atoms with Crippen molar-refractivity contribution in [3.63, 3.8) is 0 Å². The van der Waals surface area contributed by atoms with Crippen molar-refractivity contribution in [1.82, 2.24) is 0 Å². The number of hydrogen-bond acceptors (Lipinski definition) is 7. The molecule has 0 unspecified atom stereocenters. The van der Waals surface area contributed by atoms with Gasteiger partial charge in [0, 0.05) is 0 Å². The Morgan fingerprint density at radius 1 is 1.07 bits per heavy atom. The standard InChI is InChI=1S/C22H27ClO6S/c1-4-28-15-7-5-12(6-8-15)9-13-10-14(11-16(27-2)17(13)23)21-19(25)18(24)20(26)22(29-21)30-3/h5-8,10-11,18-22,24-26H,4,9H2,1-3H3/t18-,19-,20+,21+,22-/m1/s1. The van der Waals surface area contributed by atoms with Gasteiger partial charge in [-0.1, -0.05) is 29.8 Å². The monoisotopic (exact) mass is 454 g/mol. The summed E-state index contributed by atoms with van der Waals surface area (Å²) < 4.78 is 16.8. The Morgan fingerprint density at radius 3 is 2.37 bits per heavy atom. The third-order valence-electron chi connectivity index (χ3n) is 5.12. The molecule has 5 atom stereocenters. The highest BCUT2D eigenvalue weighted by molar-refractivity contribution is 7.99. The van der Waals surface area contributed by atoms with Crippen LogP contribution < -0.4 is 9.47 Å². The molecule has 0 radical (unpaired) electrons. The first-order valence-electron chi connectivity index (χ1n) is 9.70. The van der Waals surface area contributed by atoms with Gasteiger partial charge < -0.3 is 29.5 Å². The van der Waals surface area contributed by atoms with Crippen molar-refractivity contribution < 1.29 is 29.5 Å². The molecule has 1 aliphatic rings. The molecule has 8 heteroatoms. The van der Waals surface area contributed by atoms with Gasteiger partial charge in [0.15, 0.2) is 0 Å². The fourth-order valence-electron chi connectivity index (χ4n) is 3.53. The van der Waals surface area contributed by atoms with E-state index >= 15 is 0 Å². The maximum atomic E-state index is 10.5. The predicted octanol–water partition coefficient (Wildman–Crippen LogP) is 3.18. The zero-order chi connectivity index (χ0) is 21.8.